The Morgan fingerprint density at radius 2 is 1.31 bits per heavy atom. The Labute approximate surface area is 272 Å². The number of hydrogen-bond acceptors (Lipinski definition) is 4. The summed E-state index contributed by atoms with van der Waals surface area (Å²) in [7, 11) is 0. The third-order valence-corrected chi connectivity index (χ3v) is 10.1. The Morgan fingerprint density at radius 3 is 2.24 bits per heavy atom. The van der Waals surface area contributed by atoms with Gasteiger partial charge in [0, 0.05) is 72.1 Å². The quantitative estimate of drug-likeness (QED) is 0.103. The maximum absolute atomic E-state index is 6.47. The minimum Gasteiger partial charge on any atom is -0.503 e. The molecule has 0 bridgehead atoms. The second-order valence-corrected chi connectivity index (χ2v) is 12.3. The van der Waals surface area contributed by atoms with Gasteiger partial charge in [-0.15, -0.1) is 41.0 Å². The van der Waals surface area contributed by atoms with Crippen molar-refractivity contribution in [2.24, 2.45) is 0 Å². The summed E-state index contributed by atoms with van der Waals surface area (Å²) in [5.41, 5.74) is 5.09. The summed E-state index contributed by atoms with van der Waals surface area (Å²) in [6.07, 6.45) is 5.76. The summed E-state index contributed by atoms with van der Waals surface area (Å²) >= 11 is 1.83. The van der Waals surface area contributed by atoms with Gasteiger partial charge in [-0.1, -0.05) is 64.8 Å². The van der Waals surface area contributed by atoms with Crippen LogP contribution in [0.15, 0.2) is 110 Å². The van der Waals surface area contributed by atoms with Crippen LogP contribution >= 0.6 is 11.3 Å². The predicted molar refractivity (Wildman–Crippen MR) is 180 cm³/mol. The van der Waals surface area contributed by atoms with Crippen LogP contribution < -0.4 is 4.74 Å². The van der Waals surface area contributed by atoms with E-state index in [1.54, 1.807) is 0 Å². The van der Waals surface area contributed by atoms with Gasteiger partial charge in [-0.05, 0) is 35.0 Å². The van der Waals surface area contributed by atoms with E-state index < -0.39 is 0 Å². The van der Waals surface area contributed by atoms with Crippen LogP contribution in [0.25, 0.3) is 85.7 Å². The maximum atomic E-state index is 6.47. The average molecular weight is 685 g/mol. The van der Waals surface area contributed by atoms with Gasteiger partial charge < -0.3 is 13.5 Å². The van der Waals surface area contributed by atoms with Crippen LogP contribution in [0.5, 0.6) is 11.5 Å². The van der Waals surface area contributed by atoms with Crippen molar-refractivity contribution in [3.05, 3.63) is 122 Å². The molecular formula is C38H18N4OPdS. The van der Waals surface area contributed by atoms with Gasteiger partial charge >= 0.3 is 20.4 Å². The van der Waals surface area contributed by atoms with Gasteiger partial charge in [0.25, 0.3) is 0 Å². The van der Waals surface area contributed by atoms with Gasteiger partial charge in [0.1, 0.15) is 5.65 Å². The van der Waals surface area contributed by atoms with Crippen molar-refractivity contribution in [1.29, 1.82) is 0 Å². The molecule has 0 aliphatic heterocycles. The summed E-state index contributed by atoms with van der Waals surface area (Å²) < 4.78 is 13.4. The molecule has 0 saturated carbocycles. The molecule has 0 saturated heterocycles. The Bertz CT molecular complexity index is 2990. The number of hydrogen-bond donors (Lipinski definition) is 0. The normalized spacial score (nSPS) is 12.3. The average Bonchev–Trinajstić information content (AvgIpc) is 3.84. The summed E-state index contributed by atoms with van der Waals surface area (Å²) in [5, 5.41) is 10.4. The van der Waals surface area contributed by atoms with Crippen molar-refractivity contribution in [2.45, 2.75) is 0 Å². The fraction of sp³-hybridized carbons (Fsp3) is 0. The number of pyridine rings is 2. The number of imidazole rings is 1. The van der Waals surface area contributed by atoms with Gasteiger partial charge in [-0.3, -0.25) is 4.98 Å². The first-order valence-corrected chi connectivity index (χ1v) is 15.3. The fourth-order valence-corrected chi connectivity index (χ4v) is 8.34. The molecule has 0 aliphatic carbocycles. The maximum Gasteiger partial charge on any atom is 2.00 e. The number of ether oxygens (including phenoxy) is 1. The van der Waals surface area contributed by atoms with Crippen LogP contribution in [0.2, 0.25) is 0 Å². The Hall–Kier alpha value is -5.06. The molecule has 0 N–H and O–H groups in total. The van der Waals surface area contributed by atoms with Crippen LogP contribution in [0, 0.1) is 12.1 Å². The second-order valence-electron chi connectivity index (χ2n) is 11.3. The first-order valence-electron chi connectivity index (χ1n) is 14.5. The monoisotopic (exact) mass is 684 g/mol. The molecule has 0 aliphatic rings. The Balaban J connectivity index is 0.00000265. The predicted octanol–water partition coefficient (Wildman–Crippen LogP) is 9.94. The number of aromatic nitrogens is 4. The number of nitrogens with zero attached hydrogens (tertiary/aromatic N) is 4. The number of fused-ring (bicyclic) bond motifs is 16. The molecule has 212 valence electrons. The van der Waals surface area contributed by atoms with Gasteiger partial charge in [-0.25, -0.2) is 4.98 Å². The smallest absolute Gasteiger partial charge is 0.503 e. The van der Waals surface area contributed by atoms with E-state index in [0.717, 1.165) is 38.4 Å². The molecule has 7 heteroatoms. The van der Waals surface area contributed by atoms with Gasteiger partial charge in [0.15, 0.2) is 0 Å². The number of benzene rings is 5. The van der Waals surface area contributed by atoms with Crippen LogP contribution in [-0.4, -0.2) is 18.8 Å². The minimum atomic E-state index is 0. The molecular weight excluding hydrogens is 667 g/mol. The summed E-state index contributed by atoms with van der Waals surface area (Å²) in [4.78, 5) is 9.53. The molecule has 45 heavy (non-hydrogen) atoms. The number of rotatable bonds is 2. The Morgan fingerprint density at radius 1 is 0.578 bits per heavy atom. The molecule has 11 rings (SSSR count). The van der Waals surface area contributed by atoms with Crippen molar-refractivity contribution in [3.63, 3.8) is 0 Å². The number of thiophene rings is 1. The van der Waals surface area contributed by atoms with E-state index in [1.807, 2.05) is 48.1 Å². The summed E-state index contributed by atoms with van der Waals surface area (Å²) in [6.45, 7) is 0. The van der Waals surface area contributed by atoms with Crippen molar-refractivity contribution in [2.75, 3.05) is 0 Å². The molecule has 0 radical (unpaired) electrons. The molecule has 0 atom stereocenters. The minimum absolute atomic E-state index is 0. The fourth-order valence-electron chi connectivity index (χ4n) is 7.23. The van der Waals surface area contributed by atoms with E-state index in [9.17, 15) is 0 Å². The SMILES string of the molecule is [Pd+2].[c-]1c(Oc2[c-]c3c(cc2)c2cccc4c5cccnc5n3c24)ccc2c1c1nccn1c1c2ccc2sc3ccccc3c21. The van der Waals surface area contributed by atoms with Crippen molar-refractivity contribution >= 4 is 97.1 Å². The molecule has 0 unspecified atom stereocenters. The zero-order valence-electron chi connectivity index (χ0n) is 23.3. The van der Waals surface area contributed by atoms with Crippen LogP contribution in [-0.2, 0) is 20.4 Å². The van der Waals surface area contributed by atoms with E-state index in [2.05, 4.69) is 93.7 Å². The molecule has 0 amide bonds. The molecule has 0 fully saturated rings. The van der Waals surface area contributed by atoms with E-state index in [0.29, 0.717) is 11.5 Å². The van der Waals surface area contributed by atoms with Gasteiger partial charge in [-0.2, -0.15) is 6.07 Å². The third-order valence-electron chi connectivity index (χ3n) is 9.01. The zero-order valence-corrected chi connectivity index (χ0v) is 25.7. The second kappa shape index (κ2) is 9.00. The molecule has 6 aromatic heterocycles. The van der Waals surface area contributed by atoms with E-state index in [-0.39, 0.29) is 20.4 Å². The molecule has 0 spiro atoms. The zero-order chi connectivity index (χ0) is 28.5. The van der Waals surface area contributed by atoms with Gasteiger partial charge in [0.2, 0.25) is 0 Å². The molecule has 5 aromatic carbocycles. The molecule has 6 heterocycles. The van der Waals surface area contributed by atoms with E-state index in [1.165, 1.54) is 47.4 Å². The van der Waals surface area contributed by atoms with Crippen LogP contribution in [0.1, 0.15) is 0 Å². The van der Waals surface area contributed by atoms with Crippen molar-refractivity contribution in [1.82, 2.24) is 18.8 Å². The summed E-state index contributed by atoms with van der Waals surface area (Å²) in [6, 6.07) is 39.0. The standard InChI is InChI=1S/C38H18N4OS.Pd/c1-2-9-32-29(5-1)34-33(44-32)15-14-27-23-12-10-21(19-30(23)37-40-17-18-41(37)36(27)34)43-22-11-13-24-25-6-3-7-26-28-8-4-16-39-38(28)42(35(25)26)31(24)20-22;/h1-18H;/q-2;+2. The van der Waals surface area contributed by atoms with E-state index >= 15 is 0 Å². The Kier molecular flexibility index (Phi) is 5.06. The third kappa shape index (κ3) is 3.25. The summed E-state index contributed by atoms with van der Waals surface area (Å²) in [5.74, 6) is 1.25. The first-order chi connectivity index (χ1) is 21.8. The van der Waals surface area contributed by atoms with Crippen molar-refractivity contribution < 1.29 is 25.2 Å². The van der Waals surface area contributed by atoms with Gasteiger partial charge in [0.05, 0.1) is 5.65 Å². The van der Waals surface area contributed by atoms with E-state index in [4.69, 9.17) is 14.7 Å². The van der Waals surface area contributed by atoms with Crippen LogP contribution in [0.3, 0.4) is 0 Å². The molecule has 5 nitrogen and oxygen atoms in total. The number of para-hydroxylation sites is 1. The molecule has 11 aromatic rings. The topological polar surface area (TPSA) is 43.8 Å². The van der Waals surface area contributed by atoms with Crippen LogP contribution in [0.4, 0.5) is 0 Å². The van der Waals surface area contributed by atoms with Crippen molar-refractivity contribution in [3.8, 4) is 11.5 Å². The largest absolute Gasteiger partial charge is 2.00 e. The first kappa shape index (κ1) is 25.3.